The number of cyclic esters (lactones) is 1. The van der Waals surface area contributed by atoms with Crippen LogP contribution in [0, 0.1) is 12.8 Å². The number of likely N-dealkylation sites (tertiary alicyclic amines) is 1. The summed E-state index contributed by atoms with van der Waals surface area (Å²) in [6, 6.07) is -4.68. The molecule has 44 heavy (non-hydrogen) atoms. The Morgan fingerprint density at radius 1 is 1.18 bits per heavy atom. The second kappa shape index (κ2) is 14.7. The van der Waals surface area contributed by atoms with Crippen molar-refractivity contribution in [2.75, 3.05) is 25.5 Å². The third-order valence-corrected chi connectivity index (χ3v) is 8.61. The van der Waals surface area contributed by atoms with E-state index < -0.39 is 103 Å². The number of aliphatic carboxylic acids is 1. The predicted molar refractivity (Wildman–Crippen MR) is 152 cm³/mol. The summed E-state index contributed by atoms with van der Waals surface area (Å²) >= 11 is 1.05. The highest BCUT2D eigenvalue weighted by Crippen LogP contribution is 2.35. The number of nitrogens with two attached hydrogens (primary N) is 1. The number of thioether (sulfide) groups is 1. The molecule has 3 rings (SSSR count). The van der Waals surface area contributed by atoms with Gasteiger partial charge in [-0.1, -0.05) is 0 Å². The van der Waals surface area contributed by atoms with Crippen molar-refractivity contribution in [2.45, 2.75) is 62.7 Å². The molecule has 1 aromatic carbocycles. The SMILES string of the molecule is Cc1c(O)cc(O)c2c1C(=O)OC[C@H](NC(=O)[C@@H]1[C@H](O)CCN1C(=O)[C@@H](N)CO)C(=O)C[C@H](C(=O)N[C@@H](C)C(=O)O)CSC2. The van der Waals surface area contributed by atoms with Crippen LogP contribution in [-0.4, -0.2) is 122 Å². The molecule has 242 valence electrons. The average Bonchev–Trinajstić information content (AvgIpc) is 3.36. The Morgan fingerprint density at radius 2 is 1.86 bits per heavy atom. The molecule has 17 heteroatoms. The van der Waals surface area contributed by atoms with E-state index in [0.717, 1.165) is 22.7 Å². The van der Waals surface area contributed by atoms with Gasteiger partial charge in [0.15, 0.2) is 5.78 Å². The van der Waals surface area contributed by atoms with Crippen molar-refractivity contribution in [1.82, 2.24) is 15.5 Å². The van der Waals surface area contributed by atoms with E-state index in [-0.39, 0.29) is 41.2 Å². The molecule has 0 bridgehead atoms. The van der Waals surface area contributed by atoms with Crippen molar-refractivity contribution in [3.05, 3.63) is 22.8 Å². The first-order valence-corrected chi connectivity index (χ1v) is 14.8. The molecule has 0 unspecified atom stereocenters. The number of benzene rings is 1. The summed E-state index contributed by atoms with van der Waals surface area (Å²) < 4.78 is 5.35. The van der Waals surface area contributed by atoms with Crippen molar-refractivity contribution < 1.29 is 59.0 Å². The smallest absolute Gasteiger partial charge is 0.339 e. The van der Waals surface area contributed by atoms with E-state index in [1.54, 1.807) is 0 Å². The van der Waals surface area contributed by atoms with Crippen LogP contribution in [0.15, 0.2) is 6.07 Å². The summed E-state index contributed by atoms with van der Waals surface area (Å²) in [5.74, 6) is -7.74. The number of hydrogen-bond donors (Lipinski definition) is 8. The maximum atomic E-state index is 13.5. The molecule has 2 aliphatic heterocycles. The number of aliphatic hydroxyl groups is 2. The normalized spacial score (nSPS) is 24.2. The summed E-state index contributed by atoms with van der Waals surface area (Å²) in [5.41, 5.74) is 5.59. The number of aliphatic hydroxyl groups excluding tert-OH is 2. The van der Waals surface area contributed by atoms with Crippen LogP contribution in [0.5, 0.6) is 11.5 Å². The van der Waals surface area contributed by atoms with E-state index in [9.17, 15) is 54.3 Å². The Bertz CT molecular complexity index is 1320. The molecule has 0 saturated carbocycles. The summed E-state index contributed by atoms with van der Waals surface area (Å²) in [6.07, 6.45) is -1.87. The first kappa shape index (κ1) is 34.6. The maximum absolute atomic E-state index is 13.5. The number of ketones is 1. The zero-order valence-electron chi connectivity index (χ0n) is 24.0. The number of carboxylic acids is 1. The molecule has 0 spiro atoms. The first-order chi connectivity index (χ1) is 20.7. The van der Waals surface area contributed by atoms with Gasteiger partial charge in [-0.25, -0.2) is 4.79 Å². The van der Waals surface area contributed by atoms with E-state index in [1.807, 2.05) is 0 Å². The number of nitrogens with one attached hydrogen (secondary N) is 2. The van der Waals surface area contributed by atoms with E-state index in [2.05, 4.69) is 10.6 Å². The summed E-state index contributed by atoms with van der Waals surface area (Å²) in [4.78, 5) is 78.0. The minimum absolute atomic E-state index is 0.000147. The lowest BCUT2D eigenvalue weighted by Gasteiger charge is -2.29. The average molecular weight is 641 g/mol. The lowest BCUT2D eigenvalue weighted by atomic mass is 9.98. The van der Waals surface area contributed by atoms with Gasteiger partial charge >= 0.3 is 11.9 Å². The van der Waals surface area contributed by atoms with Gasteiger partial charge in [-0.3, -0.25) is 24.0 Å². The molecule has 3 amide bonds. The Hall–Kier alpha value is -3.93. The third-order valence-electron chi connectivity index (χ3n) is 7.48. The standard InChI is InChI=1S/C27H36N4O12S/c1-11-18(34)6-19(35)14-10-44-9-13(23(37)29-12(2)26(40)41)5-20(36)16(8-43-27(42)21(11)14)30-24(38)22-17(33)3-4-31(22)25(39)15(28)7-32/h6,12-13,15-17,22,32-35H,3-5,7-10,28H2,1-2H3,(H,29,37)(H,30,38)(H,40,41)/t12-,13-,15-,16-,17+,22-/m0/s1. The highest BCUT2D eigenvalue weighted by molar-refractivity contribution is 7.98. The fraction of sp³-hybridized carbons (Fsp3) is 0.556. The summed E-state index contributed by atoms with van der Waals surface area (Å²) in [7, 11) is 0. The van der Waals surface area contributed by atoms with E-state index in [0.29, 0.717) is 0 Å². The summed E-state index contributed by atoms with van der Waals surface area (Å²) in [5, 5.41) is 54.4. The Morgan fingerprint density at radius 3 is 2.50 bits per heavy atom. The maximum Gasteiger partial charge on any atom is 0.339 e. The van der Waals surface area contributed by atoms with E-state index in [4.69, 9.17) is 10.5 Å². The molecule has 2 aliphatic rings. The number of hydrogen-bond acceptors (Lipinski definition) is 13. The highest BCUT2D eigenvalue weighted by Gasteiger charge is 2.43. The predicted octanol–water partition coefficient (Wildman–Crippen LogP) is -2.26. The van der Waals surface area contributed by atoms with E-state index >= 15 is 0 Å². The van der Waals surface area contributed by atoms with E-state index in [1.165, 1.54) is 13.8 Å². The number of amides is 3. The Labute approximate surface area is 255 Å². The number of rotatable bonds is 7. The summed E-state index contributed by atoms with van der Waals surface area (Å²) in [6.45, 7) is 1.09. The number of aromatic hydroxyl groups is 2. The van der Waals surface area contributed by atoms with Crippen molar-refractivity contribution in [1.29, 1.82) is 0 Å². The van der Waals surface area contributed by atoms with Crippen molar-refractivity contribution >= 4 is 47.2 Å². The van der Waals surface area contributed by atoms with Crippen molar-refractivity contribution in [3.63, 3.8) is 0 Å². The molecule has 1 aromatic rings. The van der Waals surface area contributed by atoms with Crippen LogP contribution in [0.25, 0.3) is 0 Å². The second-order valence-electron chi connectivity index (χ2n) is 10.6. The molecule has 6 atom stereocenters. The minimum atomic E-state index is -1.59. The second-order valence-corrected chi connectivity index (χ2v) is 11.7. The molecular weight excluding hydrogens is 604 g/mol. The number of carbonyl (C=O) groups is 6. The zero-order valence-corrected chi connectivity index (χ0v) is 24.8. The van der Waals surface area contributed by atoms with Crippen LogP contribution in [0.2, 0.25) is 0 Å². The van der Waals surface area contributed by atoms with Gasteiger partial charge in [0.1, 0.15) is 42.3 Å². The van der Waals surface area contributed by atoms with Gasteiger partial charge in [0, 0.05) is 41.7 Å². The van der Waals surface area contributed by atoms with Gasteiger partial charge in [0.25, 0.3) is 0 Å². The number of phenolic OH excluding ortho intramolecular Hbond substituents is 2. The Kier molecular flexibility index (Phi) is 11.5. The molecular formula is C27H36N4O12S. The van der Waals surface area contributed by atoms with Crippen LogP contribution in [0.1, 0.15) is 41.3 Å². The Balaban J connectivity index is 1.96. The molecule has 0 radical (unpaired) electrons. The number of carbonyl (C=O) groups excluding carboxylic acids is 5. The van der Waals surface area contributed by atoms with Crippen LogP contribution < -0.4 is 16.4 Å². The lowest BCUT2D eigenvalue weighted by molar-refractivity contribution is -0.143. The zero-order chi connectivity index (χ0) is 32.9. The van der Waals surface area contributed by atoms with Crippen LogP contribution in [-0.2, 0) is 34.5 Å². The molecule has 1 saturated heterocycles. The number of Topliss-reactive ketones (excluding diaryl/α,β-unsaturated/α-hetero) is 1. The van der Waals surface area contributed by atoms with Gasteiger partial charge < -0.3 is 51.5 Å². The first-order valence-electron chi connectivity index (χ1n) is 13.7. The fourth-order valence-corrected chi connectivity index (χ4v) is 6.04. The van der Waals surface area contributed by atoms with Crippen molar-refractivity contribution in [2.24, 2.45) is 11.7 Å². The number of esters is 1. The third kappa shape index (κ3) is 7.77. The fourth-order valence-electron chi connectivity index (χ4n) is 4.87. The molecule has 1 fully saturated rings. The topological polar surface area (TPSA) is 266 Å². The van der Waals surface area contributed by atoms with Gasteiger partial charge in [-0.15, -0.1) is 0 Å². The minimum Gasteiger partial charge on any atom is -0.508 e. The molecule has 9 N–H and O–H groups in total. The quantitative estimate of drug-likeness (QED) is 0.146. The molecule has 0 aliphatic carbocycles. The number of nitrogens with zero attached hydrogens (tertiary/aromatic N) is 1. The lowest BCUT2D eigenvalue weighted by Crippen LogP contribution is -2.58. The van der Waals surface area contributed by atoms with Gasteiger partial charge in [0.2, 0.25) is 17.7 Å². The van der Waals surface area contributed by atoms with Crippen molar-refractivity contribution in [3.8, 4) is 11.5 Å². The number of carboxylic acid groups (broad SMARTS) is 1. The van der Waals surface area contributed by atoms with Crippen LogP contribution >= 0.6 is 11.8 Å². The number of phenols is 2. The van der Waals surface area contributed by atoms with Gasteiger partial charge in [-0.2, -0.15) is 11.8 Å². The van der Waals surface area contributed by atoms with Crippen LogP contribution in [0.3, 0.4) is 0 Å². The largest absolute Gasteiger partial charge is 0.508 e. The van der Waals surface area contributed by atoms with Gasteiger partial charge in [-0.05, 0) is 20.3 Å². The molecule has 16 nitrogen and oxygen atoms in total. The molecule has 2 heterocycles. The number of fused-ring (bicyclic) bond motifs is 1. The molecule has 0 aromatic heterocycles. The number of ether oxygens (including phenoxy) is 1. The monoisotopic (exact) mass is 640 g/mol. The highest BCUT2D eigenvalue weighted by atomic mass is 32.2. The van der Waals surface area contributed by atoms with Crippen LogP contribution in [0.4, 0.5) is 0 Å². The van der Waals surface area contributed by atoms with Gasteiger partial charge in [0.05, 0.1) is 24.2 Å².